The fraction of sp³-hybridized carbons (Fsp3) is 0. The molecule has 0 aromatic heterocycles. The SMILES string of the molecule is OC1=CNc2ccccc2C=N1. The lowest BCUT2D eigenvalue weighted by Crippen LogP contribution is -1.90. The number of aliphatic imine (C=N–C) groups is 1. The van der Waals surface area contributed by atoms with Crippen LogP contribution in [0.25, 0.3) is 0 Å². The molecule has 1 aromatic rings. The van der Waals surface area contributed by atoms with Gasteiger partial charge >= 0.3 is 0 Å². The van der Waals surface area contributed by atoms with Crippen molar-refractivity contribution in [1.29, 1.82) is 0 Å². The van der Waals surface area contributed by atoms with Crippen LogP contribution >= 0.6 is 0 Å². The van der Waals surface area contributed by atoms with E-state index < -0.39 is 0 Å². The number of aliphatic hydroxyl groups is 1. The van der Waals surface area contributed by atoms with Gasteiger partial charge in [-0.3, -0.25) is 0 Å². The van der Waals surface area contributed by atoms with Crippen LogP contribution in [0.1, 0.15) is 5.56 Å². The Hall–Kier alpha value is -1.77. The summed E-state index contributed by atoms with van der Waals surface area (Å²) in [4.78, 5) is 3.79. The third-order valence-electron chi connectivity index (χ3n) is 1.65. The number of nitrogens with one attached hydrogen (secondary N) is 1. The maximum absolute atomic E-state index is 9.06. The number of anilines is 1. The third kappa shape index (κ3) is 1.16. The minimum atomic E-state index is -0.00815. The molecule has 1 aliphatic rings. The summed E-state index contributed by atoms with van der Waals surface area (Å²) in [5.41, 5.74) is 1.92. The number of fused-ring (bicyclic) bond motifs is 1. The van der Waals surface area contributed by atoms with Gasteiger partial charge in [0.2, 0.25) is 5.88 Å². The van der Waals surface area contributed by atoms with Crippen molar-refractivity contribution in [2.24, 2.45) is 4.99 Å². The monoisotopic (exact) mass is 160 g/mol. The zero-order chi connectivity index (χ0) is 8.39. The minimum absolute atomic E-state index is 0.00815. The van der Waals surface area contributed by atoms with Crippen LogP contribution in [0.15, 0.2) is 41.3 Å². The van der Waals surface area contributed by atoms with Crippen LogP contribution in [0.2, 0.25) is 0 Å². The van der Waals surface area contributed by atoms with Crippen molar-refractivity contribution in [2.75, 3.05) is 5.32 Å². The smallest absolute Gasteiger partial charge is 0.227 e. The van der Waals surface area contributed by atoms with Gasteiger partial charge in [0.1, 0.15) is 0 Å². The minimum Gasteiger partial charge on any atom is -0.492 e. The Morgan fingerprint density at radius 3 is 3.00 bits per heavy atom. The Labute approximate surface area is 70.1 Å². The van der Waals surface area contributed by atoms with Crippen LogP contribution in [-0.4, -0.2) is 11.3 Å². The number of nitrogens with zero attached hydrogens (tertiary/aromatic N) is 1. The van der Waals surface area contributed by atoms with Crippen molar-refractivity contribution in [3.63, 3.8) is 0 Å². The van der Waals surface area contributed by atoms with E-state index in [2.05, 4.69) is 10.3 Å². The van der Waals surface area contributed by atoms with Crippen molar-refractivity contribution in [3.05, 3.63) is 41.9 Å². The molecule has 0 saturated carbocycles. The van der Waals surface area contributed by atoms with Gasteiger partial charge in [0.25, 0.3) is 0 Å². The third-order valence-corrected chi connectivity index (χ3v) is 1.65. The Morgan fingerprint density at radius 1 is 1.25 bits per heavy atom. The molecule has 3 heteroatoms. The summed E-state index contributed by atoms with van der Waals surface area (Å²) in [6.07, 6.45) is 3.09. The topological polar surface area (TPSA) is 44.6 Å². The molecule has 0 spiro atoms. The average molecular weight is 160 g/mol. The fourth-order valence-electron chi connectivity index (χ4n) is 1.06. The van der Waals surface area contributed by atoms with E-state index >= 15 is 0 Å². The van der Waals surface area contributed by atoms with E-state index in [1.54, 1.807) is 6.21 Å². The molecule has 1 aliphatic heterocycles. The maximum Gasteiger partial charge on any atom is 0.227 e. The predicted molar refractivity (Wildman–Crippen MR) is 48.4 cm³/mol. The van der Waals surface area contributed by atoms with E-state index in [1.165, 1.54) is 6.20 Å². The predicted octanol–water partition coefficient (Wildman–Crippen LogP) is 1.89. The van der Waals surface area contributed by atoms with E-state index in [9.17, 15) is 0 Å². The molecule has 0 amide bonds. The molecule has 0 unspecified atom stereocenters. The van der Waals surface area contributed by atoms with Gasteiger partial charge in [-0.15, -0.1) is 0 Å². The first kappa shape index (κ1) is 6.91. The average Bonchev–Trinajstić information content (AvgIpc) is 2.29. The van der Waals surface area contributed by atoms with E-state index in [0.29, 0.717) is 0 Å². The molecule has 0 fully saturated rings. The normalized spacial score (nSPS) is 14.2. The van der Waals surface area contributed by atoms with Crippen LogP contribution in [0.5, 0.6) is 0 Å². The van der Waals surface area contributed by atoms with Crippen LogP contribution in [-0.2, 0) is 0 Å². The lowest BCUT2D eigenvalue weighted by Gasteiger charge is -2.00. The second-order valence-electron chi connectivity index (χ2n) is 2.49. The second kappa shape index (κ2) is 2.70. The molecule has 1 aromatic carbocycles. The van der Waals surface area contributed by atoms with Crippen LogP contribution in [0.4, 0.5) is 5.69 Å². The summed E-state index contributed by atoms with van der Waals surface area (Å²) in [7, 11) is 0. The zero-order valence-electron chi connectivity index (χ0n) is 6.36. The largest absolute Gasteiger partial charge is 0.492 e. The summed E-state index contributed by atoms with van der Waals surface area (Å²) in [5, 5.41) is 12.0. The first-order valence-electron chi connectivity index (χ1n) is 3.65. The molecule has 0 radical (unpaired) electrons. The lowest BCUT2D eigenvalue weighted by atomic mass is 10.2. The van der Waals surface area contributed by atoms with Gasteiger partial charge < -0.3 is 10.4 Å². The number of para-hydroxylation sites is 1. The molecule has 0 aliphatic carbocycles. The molecular weight excluding hydrogens is 152 g/mol. The van der Waals surface area contributed by atoms with Crippen molar-refractivity contribution >= 4 is 11.9 Å². The molecule has 0 saturated heterocycles. The number of rotatable bonds is 0. The molecule has 0 bridgehead atoms. The van der Waals surface area contributed by atoms with Gasteiger partial charge in [-0.05, 0) is 6.07 Å². The van der Waals surface area contributed by atoms with E-state index in [-0.39, 0.29) is 5.88 Å². The van der Waals surface area contributed by atoms with Gasteiger partial charge in [-0.25, -0.2) is 4.99 Å². The van der Waals surface area contributed by atoms with E-state index in [0.717, 1.165) is 11.3 Å². The van der Waals surface area contributed by atoms with Crippen molar-refractivity contribution in [3.8, 4) is 0 Å². The second-order valence-corrected chi connectivity index (χ2v) is 2.49. The van der Waals surface area contributed by atoms with Gasteiger partial charge in [0.05, 0.1) is 6.20 Å². The quantitative estimate of drug-likeness (QED) is 0.608. The Balaban J connectivity index is 2.48. The van der Waals surface area contributed by atoms with E-state index in [4.69, 9.17) is 5.11 Å². The van der Waals surface area contributed by atoms with Gasteiger partial charge in [0.15, 0.2) is 0 Å². The molecule has 12 heavy (non-hydrogen) atoms. The highest BCUT2D eigenvalue weighted by Crippen LogP contribution is 2.15. The summed E-state index contributed by atoms with van der Waals surface area (Å²) in [6, 6.07) is 7.71. The summed E-state index contributed by atoms with van der Waals surface area (Å²) in [6.45, 7) is 0. The number of hydrogen-bond acceptors (Lipinski definition) is 3. The van der Waals surface area contributed by atoms with Crippen LogP contribution in [0, 0.1) is 0 Å². The Bertz CT molecular complexity index is 355. The van der Waals surface area contributed by atoms with Crippen molar-refractivity contribution < 1.29 is 5.11 Å². The zero-order valence-corrected chi connectivity index (χ0v) is 6.36. The number of hydrogen-bond donors (Lipinski definition) is 2. The van der Waals surface area contributed by atoms with Gasteiger partial charge in [-0.1, -0.05) is 18.2 Å². The molecule has 3 nitrogen and oxygen atoms in total. The summed E-state index contributed by atoms with van der Waals surface area (Å²) in [5.74, 6) is -0.00815. The van der Waals surface area contributed by atoms with Crippen LogP contribution in [0.3, 0.4) is 0 Å². The fourth-order valence-corrected chi connectivity index (χ4v) is 1.06. The van der Waals surface area contributed by atoms with Crippen LogP contribution < -0.4 is 5.32 Å². The number of benzene rings is 1. The first-order valence-corrected chi connectivity index (χ1v) is 3.65. The van der Waals surface area contributed by atoms with Gasteiger partial charge in [-0.2, -0.15) is 0 Å². The molecular formula is C9H8N2O. The highest BCUT2D eigenvalue weighted by Gasteiger charge is 2.00. The highest BCUT2D eigenvalue weighted by molar-refractivity contribution is 5.89. The Morgan fingerprint density at radius 2 is 2.08 bits per heavy atom. The summed E-state index contributed by atoms with van der Waals surface area (Å²) >= 11 is 0. The molecule has 60 valence electrons. The molecule has 0 atom stereocenters. The molecule has 2 N–H and O–H groups in total. The summed E-state index contributed by atoms with van der Waals surface area (Å²) < 4.78 is 0. The van der Waals surface area contributed by atoms with Crippen molar-refractivity contribution in [2.45, 2.75) is 0 Å². The number of aliphatic hydroxyl groups excluding tert-OH is 1. The van der Waals surface area contributed by atoms with Crippen molar-refractivity contribution in [1.82, 2.24) is 0 Å². The van der Waals surface area contributed by atoms with E-state index in [1.807, 2.05) is 24.3 Å². The molecule has 1 heterocycles. The maximum atomic E-state index is 9.06. The lowest BCUT2D eigenvalue weighted by molar-refractivity contribution is 0.407. The standard InChI is InChI=1S/C9H8N2O/c12-9-6-10-8-4-2-1-3-7(8)5-11-9/h1-6,10,12H. The Kier molecular flexibility index (Phi) is 1.55. The first-order chi connectivity index (χ1) is 5.86. The molecule has 2 rings (SSSR count). The highest BCUT2D eigenvalue weighted by atomic mass is 16.3. The van der Waals surface area contributed by atoms with Gasteiger partial charge in [0, 0.05) is 17.5 Å².